The van der Waals surface area contributed by atoms with Gasteiger partial charge < -0.3 is 15.5 Å². The molecule has 3 aromatic rings. The van der Waals surface area contributed by atoms with Crippen LogP contribution >= 0.6 is 27.3 Å². The third-order valence-corrected chi connectivity index (χ3v) is 4.54. The lowest BCUT2D eigenvalue weighted by Crippen LogP contribution is -2.33. The van der Waals surface area contributed by atoms with Gasteiger partial charge in [-0.3, -0.25) is 0 Å². The zero-order valence-corrected chi connectivity index (χ0v) is 14.3. The molecule has 0 radical (unpaired) electrons. The van der Waals surface area contributed by atoms with Crippen molar-refractivity contribution in [3.8, 4) is 0 Å². The highest BCUT2D eigenvalue weighted by atomic mass is 79.9. The van der Waals surface area contributed by atoms with E-state index < -0.39 is 0 Å². The first kappa shape index (κ1) is 15.1. The lowest BCUT2D eigenvalue weighted by molar-refractivity contribution is 0.854. The molecule has 0 aliphatic rings. The lowest BCUT2D eigenvalue weighted by atomic mass is 10.3. The van der Waals surface area contributed by atoms with Crippen LogP contribution in [0.4, 0.5) is 0 Å². The number of aliphatic imine (C=N–C) groups is 1. The van der Waals surface area contributed by atoms with Crippen molar-refractivity contribution in [3.05, 3.63) is 57.1 Å². The van der Waals surface area contributed by atoms with Crippen LogP contribution in [-0.4, -0.2) is 21.9 Å². The summed E-state index contributed by atoms with van der Waals surface area (Å²) < 4.78 is 2.98. The van der Waals surface area contributed by atoms with Crippen molar-refractivity contribution in [2.24, 2.45) is 10.7 Å². The van der Waals surface area contributed by atoms with Gasteiger partial charge in [0.2, 0.25) is 0 Å². The highest BCUT2D eigenvalue weighted by Crippen LogP contribution is 2.13. The van der Waals surface area contributed by atoms with E-state index in [2.05, 4.69) is 48.7 Å². The third kappa shape index (κ3) is 3.86. The van der Waals surface area contributed by atoms with E-state index in [-0.39, 0.29) is 0 Å². The Labute approximate surface area is 141 Å². The molecule has 0 saturated heterocycles. The second-order valence-electron chi connectivity index (χ2n) is 4.80. The van der Waals surface area contributed by atoms with Gasteiger partial charge in [-0.1, -0.05) is 6.07 Å². The van der Waals surface area contributed by atoms with Crippen molar-refractivity contribution in [2.75, 3.05) is 6.54 Å². The molecule has 0 aliphatic carbocycles. The molecule has 3 aromatic heterocycles. The van der Waals surface area contributed by atoms with Gasteiger partial charge in [-0.05, 0) is 45.9 Å². The van der Waals surface area contributed by atoms with Crippen LogP contribution in [0.25, 0.3) is 5.65 Å². The molecule has 3 heterocycles. The Bertz CT molecular complexity index is 778. The molecular weight excluding hydrogens is 362 g/mol. The summed E-state index contributed by atoms with van der Waals surface area (Å²) in [5.74, 6) is 0.454. The number of guanidine groups is 1. The summed E-state index contributed by atoms with van der Waals surface area (Å²) in [6, 6.07) is 8.10. The molecule has 0 spiro atoms. The molecule has 0 fully saturated rings. The average Bonchev–Trinajstić information content (AvgIpc) is 3.13. The summed E-state index contributed by atoms with van der Waals surface area (Å²) in [5.41, 5.74) is 7.67. The SMILES string of the molecule is NC(=NCc1cn2cc(Br)ccc2n1)NCCc1cccs1. The number of fused-ring (bicyclic) bond motifs is 1. The number of halogens is 1. The number of rotatable bonds is 5. The van der Waals surface area contributed by atoms with E-state index in [1.54, 1.807) is 11.3 Å². The number of nitrogens with two attached hydrogens (primary N) is 1. The van der Waals surface area contributed by atoms with Gasteiger partial charge >= 0.3 is 0 Å². The van der Waals surface area contributed by atoms with Crippen LogP contribution in [-0.2, 0) is 13.0 Å². The van der Waals surface area contributed by atoms with E-state index in [1.165, 1.54) is 4.88 Å². The quantitative estimate of drug-likeness (QED) is 0.530. The average molecular weight is 378 g/mol. The van der Waals surface area contributed by atoms with E-state index in [1.807, 2.05) is 28.9 Å². The summed E-state index contributed by atoms with van der Waals surface area (Å²) in [4.78, 5) is 10.2. The van der Waals surface area contributed by atoms with Crippen molar-refractivity contribution in [3.63, 3.8) is 0 Å². The molecule has 5 nitrogen and oxygen atoms in total. The Morgan fingerprint density at radius 3 is 3.09 bits per heavy atom. The van der Waals surface area contributed by atoms with Gasteiger partial charge in [-0.15, -0.1) is 11.3 Å². The molecule has 3 rings (SSSR count). The van der Waals surface area contributed by atoms with Gasteiger partial charge in [-0.2, -0.15) is 0 Å². The standard InChI is InChI=1S/C15H16BrN5S/c16-11-3-4-14-20-12(10-21(14)9-11)8-19-15(17)18-6-5-13-2-1-7-22-13/h1-4,7,9-10H,5-6,8H2,(H3,17,18,19). The zero-order chi connectivity index (χ0) is 15.4. The van der Waals surface area contributed by atoms with E-state index >= 15 is 0 Å². The van der Waals surface area contributed by atoms with Crippen molar-refractivity contribution >= 4 is 38.9 Å². The van der Waals surface area contributed by atoms with Gasteiger partial charge in [0.25, 0.3) is 0 Å². The monoisotopic (exact) mass is 377 g/mol. The van der Waals surface area contributed by atoms with Crippen LogP contribution in [0.2, 0.25) is 0 Å². The molecule has 0 bridgehead atoms. The maximum Gasteiger partial charge on any atom is 0.188 e. The van der Waals surface area contributed by atoms with E-state index in [4.69, 9.17) is 5.73 Å². The van der Waals surface area contributed by atoms with Crippen LogP contribution in [0.3, 0.4) is 0 Å². The Balaban J connectivity index is 1.54. The number of thiophene rings is 1. The molecule has 0 unspecified atom stereocenters. The van der Waals surface area contributed by atoms with E-state index in [0.717, 1.165) is 28.8 Å². The highest BCUT2D eigenvalue weighted by molar-refractivity contribution is 9.10. The first-order chi connectivity index (χ1) is 10.7. The number of imidazole rings is 1. The molecule has 3 N–H and O–H groups in total. The van der Waals surface area contributed by atoms with Crippen molar-refractivity contribution in [1.29, 1.82) is 0 Å². The molecule has 22 heavy (non-hydrogen) atoms. The molecule has 114 valence electrons. The van der Waals surface area contributed by atoms with Crippen LogP contribution < -0.4 is 11.1 Å². The molecule has 0 atom stereocenters. The summed E-state index contributed by atoms with van der Waals surface area (Å²) in [6.45, 7) is 1.26. The first-order valence-electron chi connectivity index (χ1n) is 6.90. The molecule has 7 heteroatoms. The second kappa shape index (κ2) is 6.93. The number of pyridine rings is 1. The summed E-state index contributed by atoms with van der Waals surface area (Å²) >= 11 is 5.19. The Kier molecular flexibility index (Phi) is 4.74. The van der Waals surface area contributed by atoms with Crippen molar-refractivity contribution in [1.82, 2.24) is 14.7 Å². The van der Waals surface area contributed by atoms with E-state index in [0.29, 0.717) is 12.5 Å². The maximum absolute atomic E-state index is 5.88. The summed E-state index contributed by atoms with van der Waals surface area (Å²) in [7, 11) is 0. The molecule has 0 aromatic carbocycles. The topological polar surface area (TPSA) is 67.7 Å². The predicted octanol–water partition coefficient (Wildman–Crippen LogP) is 2.81. The highest BCUT2D eigenvalue weighted by Gasteiger charge is 2.02. The normalized spacial score (nSPS) is 12.0. The largest absolute Gasteiger partial charge is 0.370 e. The van der Waals surface area contributed by atoms with E-state index in [9.17, 15) is 0 Å². The smallest absolute Gasteiger partial charge is 0.188 e. The second-order valence-corrected chi connectivity index (χ2v) is 6.75. The predicted molar refractivity (Wildman–Crippen MR) is 94.2 cm³/mol. The maximum atomic E-state index is 5.88. The molecule has 0 saturated carbocycles. The Hall–Kier alpha value is -1.86. The minimum atomic E-state index is 0.454. The summed E-state index contributed by atoms with van der Waals surface area (Å²) in [5, 5.41) is 5.20. The van der Waals surface area contributed by atoms with Gasteiger partial charge in [0.1, 0.15) is 5.65 Å². The lowest BCUT2D eigenvalue weighted by Gasteiger charge is -2.03. The minimum Gasteiger partial charge on any atom is -0.370 e. The fourth-order valence-electron chi connectivity index (χ4n) is 2.08. The zero-order valence-electron chi connectivity index (χ0n) is 11.9. The molecule has 0 amide bonds. The van der Waals surface area contributed by atoms with Gasteiger partial charge in [0.05, 0.1) is 12.2 Å². The number of aromatic nitrogens is 2. The van der Waals surface area contributed by atoms with Gasteiger partial charge in [0.15, 0.2) is 5.96 Å². The summed E-state index contributed by atoms with van der Waals surface area (Å²) in [6.07, 6.45) is 4.89. The Morgan fingerprint density at radius 1 is 1.36 bits per heavy atom. The first-order valence-corrected chi connectivity index (χ1v) is 8.57. The fraction of sp³-hybridized carbons (Fsp3) is 0.200. The number of hydrogen-bond acceptors (Lipinski definition) is 3. The third-order valence-electron chi connectivity index (χ3n) is 3.13. The molecule has 0 aliphatic heterocycles. The van der Waals surface area contributed by atoms with Crippen LogP contribution in [0, 0.1) is 0 Å². The fourth-order valence-corrected chi connectivity index (χ4v) is 3.15. The van der Waals surface area contributed by atoms with Crippen molar-refractivity contribution in [2.45, 2.75) is 13.0 Å². The van der Waals surface area contributed by atoms with Crippen LogP contribution in [0.1, 0.15) is 10.6 Å². The number of nitrogens with zero attached hydrogens (tertiary/aromatic N) is 3. The number of nitrogens with one attached hydrogen (secondary N) is 1. The Morgan fingerprint density at radius 2 is 2.27 bits per heavy atom. The van der Waals surface area contributed by atoms with Gasteiger partial charge in [-0.25, -0.2) is 9.98 Å². The molecular formula is C15H16BrN5S. The minimum absolute atomic E-state index is 0.454. The van der Waals surface area contributed by atoms with Crippen molar-refractivity contribution < 1.29 is 0 Å². The van der Waals surface area contributed by atoms with Crippen LogP contribution in [0.5, 0.6) is 0 Å². The number of hydrogen-bond donors (Lipinski definition) is 2. The van der Waals surface area contributed by atoms with Gasteiger partial charge in [0, 0.05) is 28.3 Å². The van der Waals surface area contributed by atoms with Crippen LogP contribution in [0.15, 0.2) is 51.5 Å².